The Morgan fingerprint density at radius 3 is 2.32 bits per heavy atom. The molecule has 4 heteroatoms. The third-order valence-corrected chi connectivity index (χ3v) is 5.46. The van der Waals surface area contributed by atoms with Gasteiger partial charge in [-0.2, -0.15) is 0 Å². The van der Waals surface area contributed by atoms with Gasteiger partial charge in [0.05, 0.1) is 5.56 Å². The van der Waals surface area contributed by atoms with Crippen LogP contribution in [0.5, 0.6) is 0 Å². The Balaban J connectivity index is 1.62. The van der Waals surface area contributed by atoms with Gasteiger partial charge in [0.25, 0.3) is 5.91 Å². The van der Waals surface area contributed by atoms with Crippen LogP contribution >= 0.6 is 0 Å². The van der Waals surface area contributed by atoms with Crippen LogP contribution in [0, 0.1) is 5.41 Å². The fraction of sp³-hybridized carbons (Fsp3) is 0.667. The largest absolute Gasteiger partial charge is 0.357 e. The third-order valence-electron chi connectivity index (χ3n) is 5.46. The molecule has 0 unspecified atom stereocenters. The molecular weight excluding hydrogens is 274 g/mol. The molecule has 0 bridgehead atoms. The maximum absolute atomic E-state index is 11.9. The summed E-state index contributed by atoms with van der Waals surface area (Å²) in [7, 11) is 3.54. The molecule has 1 saturated carbocycles. The molecule has 120 valence electrons. The van der Waals surface area contributed by atoms with Gasteiger partial charge < -0.3 is 9.80 Å². The minimum absolute atomic E-state index is 0.0128. The molecule has 0 radical (unpaired) electrons. The smallest absolute Gasteiger partial charge is 0.254 e. The molecule has 0 atom stereocenters. The second kappa shape index (κ2) is 6.27. The van der Waals surface area contributed by atoms with Crippen LogP contribution in [0.3, 0.4) is 0 Å². The second-order valence-corrected chi connectivity index (χ2v) is 7.15. The summed E-state index contributed by atoms with van der Waals surface area (Å²) in [6.07, 6.45) is 11.4. The molecule has 0 aromatic carbocycles. The van der Waals surface area contributed by atoms with Gasteiger partial charge in [0, 0.05) is 33.4 Å². The summed E-state index contributed by atoms with van der Waals surface area (Å²) >= 11 is 0. The maximum Gasteiger partial charge on any atom is 0.254 e. The standard InChI is InChI=1S/C18H27N3O/c1-20(2)17(22)15-6-7-16(19-14-15)21-12-10-18(11-13-21)8-4-3-5-9-18/h6-7,14H,3-5,8-13H2,1-2H3. The average Bonchev–Trinajstić information content (AvgIpc) is 2.56. The molecule has 2 heterocycles. The van der Waals surface area contributed by atoms with Gasteiger partial charge in [0.2, 0.25) is 0 Å². The van der Waals surface area contributed by atoms with E-state index in [0.717, 1.165) is 18.9 Å². The van der Waals surface area contributed by atoms with Crippen molar-refractivity contribution in [2.24, 2.45) is 5.41 Å². The average molecular weight is 301 g/mol. The van der Waals surface area contributed by atoms with Crippen molar-refractivity contribution >= 4 is 11.7 Å². The van der Waals surface area contributed by atoms with E-state index in [2.05, 4.69) is 9.88 Å². The Morgan fingerprint density at radius 2 is 1.77 bits per heavy atom. The molecule has 2 aliphatic rings. The Morgan fingerprint density at radius 1 is 1.09 bits per heavy atom. The summed E-state index contributed by atoms with van der Waals surface area (Å²) in [5.74, 6) is 1.03. The molecule has 2 fully saturated rings. The van der Waals surface area contributed by atoms with E-state index in [1.54, 1.807) is 25.2 Å². The fourth-order valence-corrected chi connectivity index (χ4v) is 3.97. The summed E-state index contributed by atoms with van der Waals surface area (Å²) in [6.45, 7) is 2.21. The molecule has 1 aliphatic carbocycles. The number of carbonyl (C=O) groups is 1. The lowest BCUT2D eigenvalue weighted by atomic mass is 9.68. The molecule has 22 heavy (non-hydrogen) atoms. The number of piperidine rings is 1. The Bertz CT molecular complexity index is 508. The molecule has 4 nitrogen and oxygen atoms in total. The van der Waals surface area contributed by atoms with Crippen LogP contribution in [0.15, 0.2) is 18.3 Å². The summed E-state index contributed by atoms with van der Waals surface area (Å²) in [5.41, 5.74) is 1.28. The van der Waals surface area contributed by atoms with Crippen molar-refractivity contribution in [1.82, 2.24) is 9.88 Å². The van der Waals surface area contributed by atoms with E-state index < -0.39 is 0 Å². The SMILES string of the molecule is CN(C)C(=O)c1ccc(N2CCC3(CCCCC3)CC2)nc1. The Hall–Kier alpha value is -1.58. The van der Waals surface area contributed by atoms with E-state index in [9.17, 15) is 4.79 Å². The minimum atomic E-state index is 0.0128. The summed E-state index contributed by atoms with van der Waals surface area (Å²) in [4.78, 5) is 20.4. The first-order chi connectivity index (χ1) is 10.6. The number of nitrogens with zero attached hydrogens (tertiary/aromatic N) is 3. The highest BCUT2D eigenvalue weighted by Gasteiger charge is 2.35. The molecule has 1 aromatic rings. The zero-order chi connectivity index (χ0) is 15.6. The van der Waals surface area contributed by atoms with Gasteiger partial charge in [-0.3, -0.25) is 4.79 Å². The highest BCUT2D eigenvalue weighted by Crippen LogP contribution is 2.44. The zero-order valence-electron chi connectivity index (χ0n) is 13.8. The van der Waals surface area contributed by atoms with Crippen LogP contribution < -0.4 is 4.90 Å². The number of pyridine rings is 1. The van der Waals surface area contributed by atoms with E-state index in [-0.39, 0.29) is 5.91 Å². The first-order valence-corrected chi connectivity index (χ1v) is 8.52. The number of anilines is 1. The van der Waals surface area contributed by atoms with Gasteiger partial charge in [0.1, 0.15) is 5.82 Å². The predicted octanol–water partition coefficient (Wildman–Crippen LogP) is 3.33. The van der Waals surface area contributed by atoms with Gasteiger partial charge >= 0.3 is 0 Å². The number of hydrogen-bond donors (Lipinski definition) is 0. The highest BCUT2D eigenvalue weighted by molar-refractivity contribution is 5.93. The topological polar surface area (TPSA) is 36.4 Å². The number of carbonyl (C=O) groups excluding carboxylic acids is 1. The number of amides is 1. The van der Waals surface area contributed by atoms with Crippen molar-refractivity contribution in [3.8, 4) is 0 Å². The van der Waals surface area contributed by atoms with Crippen LogP contribution in [-0.4, -0.2) is 43.0 Å². The van der Waals surface area contributed by atoms with Gasteiger partial charge in [0.15, 0.2) is 0 Å². The monoisotopic (exact) mass is 301 g/mol. The van der Waals surface area contributed by atoms with Crippen molar-refractivity contribution < 1.29 is 4.79 Å². The van der Waals surface area contributed by atoms with Crippen LogP contribution in [0.2, 0.25) is 0 Å². The Kier molecular flexibility index (Phi) is 4.37. The van der Waals surface area contributed by atoms with E-state index >= 15 is 0 Å². The molecule has 1 aliphatic heterocycles. The molecule has 1 aromatic heterocycles. The molecule has 3 rings (SSSR count). The normalized spacial score (nSPS) is 20.9. The van der Waals surface area contributed by atoms with Crippen LogP contribution in [0.1, 0.15) is 55.3 Å². The highest BCUT2D eigenvalue weighted by atomic mass is 16.2. The zero-order valence-corrected chi connectivity index (χ0v) is 13.8. The molecule has 0 N–H and O–H groups in total. The lowest BCUT2D eigenvalue weighted by Crippen LogP contribution is -2.41. The Labute approximate surface area is 133 Å². The van der Waals surface area contributed by atoms with Crippen molar-refractivity contribution in [3.05, 3.63) is 23.9 Å². The molecule has 1 saturated heterocycles. The van der Waals surface area contributed by atoms with Gasteiger partial charge in [-0.1, -0.05) is 19.3 Å². The van der Waals surface area contributed by atoms with Gasteiger partial charge in [-0.05, 0) is 43.2 Å². The van der Waals surface area contributed by atoms with E-state index in [0.29, 0.717) is 11.0 Å². The lowest BCUT2D eigenvalue weighted by molar-refractivity contribution is 0.0827. The first-order valence-electron chi connectivity index (χ1n) is 8.52. The fourth-order valence-electron chi connectivity index (χ4n) is 3.97. The molecule has 1 spiro atoms. The van der Waals surface area contributed by atoms with Crippen LogP contribution in [0.25, 0.3) is 0 Å². The van der Waals surface area contributed by atoms with E-state index in [1.807, 2.05) is 12.1 Å². The van der Waals surface area contributed by atoms with Crippen LogP contribution in [0.4, 0.5) is 5.82 Å². The first kappa shape index (κ1) is 15.3. The van der Waals surface area contributed by atoms with Gasteiger partial charge in [-0.25, -0.2) is 4.98 Å². The minimum Gasteiger partial charge on any atom is -0.357 e. The van der Waals surface area contributed by atoms with E-state index in [4.69, 9.17) is 0 Å². The third kappa shape index (κ3) is 3.11. The molecule has 1 amide bonds. The molecular formula is C18H27N3O. The van der Waals surface area contributed by atoms with Crippen molar-refractivity contribution in [1.29, 1.82) is 0 Å². The number of rotatable bonds is 2. The van der Waals surface area contributed by atoms with Crippen molar-refractivity contribution in [2.45, 2.75) is 44.9 Å². The van der Waals surface area contributed by atoms with Crippen LogP contribution in [-0.2, 0) is 0 Å². The van der Waals surface area contributed by atoms with E-state index in [1.165, 1.54) is 44.9 Å². The number of aromatic nitrogens is 1. The maximum atomic E-state index is 11.9. The predicted molar refractivity (Wildman–Crippen MR) is 89.2 cm³/mol. The quantitative estimate of drug-likeness (QED) is 0.840. The summed E-state index contributed by atoms with van der Waals surface area (Å²) in [6, 6.07) is 3.89. The summed E-state index contributed by atoms with van der Waals surface area (Å²) < 4.78 is 0. The van der Waals surface area contributed by atoms with Crippen molar-refractivity contribution in [2.75, 3.05) is 32.1 Å². The number of hydrogen-bond acceptors (Lipinski definition) is 3. The lowest BCUT2D eigenvalue weighted by Gasteiger charge is -2.44. The van der Waals surface area contributed by atoms with Gasteiger partial charge in [-0.15, -0.1) is 0 Å². The summed E-state index contributed by atoms with van der Waals surface area (Å²) in [5, 5.41) is 0. The second-order valence-electron chi connectivity index (χ2n) is 7.15. The van der Waals surface area contributed by atoms with Crippen molar-refractivity contribution in [3.63, 3.8) is 0 Å².